The second-order valence-electron chi connectivity index (χ2n) is 5.75. The molecule has 0 aliphatic rings. The van der Waals surface area contributed by atoms with Crippen LogP contribution >= 0.6 is 15.9 Å². The summed E-state index contributed by atoms with van der Waals surface area (Å²) in [5.74, 6) is -2.75. The molecule has 0 aromatic carbocycles. The Labute approximate surface area is 160 Å². The van der Waals surface area contributed by atoms with E-state index in [0.29, 0.717) is 0 Å². The Morgan fingerprint density at radius 2 is 2.04 bits per heavy atom. The molecule has 4 N–H and O–H groups in total. The maximum Gasteiger partial charge on any atom is 0.422 e. The first-order valence-electron chi connectivity index (χ1n) is 7.01. The lowest BCUT2D eigenvalue weighted by atomic mass is 10.0. The SMILES string of the molecule is CC(CS(C)(=O)=O)(NC(=O)c1cc(OCC(F)(F)F)c(Br)cn1)C(=N)NO. The van der Waals surface area contributed by atoms with Crippen LogP contribution in [0, 0.1) is 5.41 Å². The maximum absolute atomic E-state index is 12.4. The van der Waals surface area contributed by atoms with Crippen LogP contribution in [-0.4, -0.2) is 60.7 Å². The van der Waals surface area contributed by atoms with E-state index in [1.54, 1.807) is 0 Å². The number of amidine groups is 1. The monoisotopic (exact) mass is 476 g/mol. The molecule has 1 amide bonds. The normalized spacial score (nSPS) is 14.2. The third-order valence-corrected chi connectivity index (χ3v) is 4.75. The molecule has 1 atom stereocenters. The van der Waals surface area contributed by atoms with Crippen molar-refractivity contribution in [3.05, 3.63) is 22.4 Å². The number of carbonyl (C=O) groups excluding carboxylic acids is 1. The van der Waals surface area contributed by atoms with Gasteiger partial charge in [0.15, 0.2) is 6.61 Å². The summed E-state index contributed by atoms with van der Waals surface area (Å²) < 4.78 is 64.6. The number of carbonyl (C=O) groups is 1. The first-order valence-corrected chi connectivity index (χ1v) is 9.87. The average molecular weight is 477 g/mol. The van der Waals surface area contributed by atoms with E-state index in [0.717, 1.165) is 25.4 Å². The Morgan fingerprint density at radius 1 is 1.44 bits per heavy atom. The summed E-state index contributed by atoms with van der Waals surface area (Å²) in [6.45, 7) is -0.432. The van der Waals surface area contributed by atoms with Crippen molar-refractivity contribution in [2.45, 2.75) is 18.6 Å². The van der Waals surface area contributed by atoms with Crippen LogP contribution in [0.4, 0.5) is 13.2 Å². The van der Waals surface area contributed by atoms with Crippen LogP contribution in [-0.2, 0) is 9.84 Å². The lowest BCUT2D eigenvalue weighted by Crippen LogP contribution is -2.59. The van der Waals surface area contributed by atoms with Crippen molar-refractivity contribution in [3.8, 4) is 5.75 Å². The number of amides is 1. The molecular formula is C13H16BrF3N4O5S. The summed E-state index contributed by atoms with van der Waals surface area (Å²) >= 11 is 2.94. The molecule has 1 aromatic rings. The van der Waals surface area contributed by atoms with Crippen LogP contribution in [0.1, 0.15) is 17.4 Å². The van der Waals surface area contributed by atoms with Gasteiger partial charge in [0.25, 0.3) is 5.91 Å². The highest BCUT2D eigenvalue weighted by atomic mass is 79.9. The summed E-state index contributed by atoms with van der Waals surface area (Å²) in [6.07, 6.45) is -2.70. The molecule has 0 aliphatic carbocycles. The van der Waals surface area contributed by atoms with E-state index in [2.05, 4.69) is 31.0 Å². The molecule has 1 unspecified atom stereocenters. The Balaban J connectivity index is 3.11. The summed E-state index contributed by atoms with van der Waals surface area (Å²) in [5.41, 5.74) is -0.765. The van der Waals surface area contributed by atoms with Crippen LogP contribution in [0.2, 0.25) is 0 Å². The van der Waals surface area contributed by atoms with E-state index in [1.165, 1.54) is 5.48 Å². The van der Waals surface area contributed by atoms with Crippen LogP contribution in [0.5, 0.6) is 5.75 Å². The van der Waals surface area contributed by atoms with Crippen LogP contribution < -0.4 is 15.5 Å². The van der Waals surface area contributed by atoms with Gasteiger partial charge >= 0.3 is 6.18 Å². The Kier molecular flexibility index (Phi) is 7.18. The first-order chi connectivity index (χ1) is 12.2. The minimum atomic E-state index is -4.60. The predicted molar refractivity (Wildman–Crippen MR) is 91.7 cm³/mol. The molecule has 1 heterocycles. The number of rotatable bonds is 7. The lowest BCUT2D eigenvalue weighted by Gasteiger charge is -2.29. The highest BCUT2D eigenvalue weighted by Crippen LogP contribution is 2.27. The highest BCUT2D eigenvalue weighted by Gasteiger charge is 2.36. The van der Waals surface area contributed by atoms with Gasteiger partial charge in [0.1, 0.15) is 32.7 Å². The number of halogens is 4. The molecule has 14 heteroatoms. The third kappa shape index (κ3) is 7.30. The van der Waals surface area contributed by atoms with E-state index >= 15 is 0 Å². The van der Waals surface area contributed by atoms with Crippen molar-refractivity contribution in [3.63, 3.8) is 0 Å². The molecule has 0 fully saturated rings. The lowest BCUT2D eigenvalue weighted by molar-refractivity contribution is -0.153. The van der Waals surface area contributed by atoms with Gasteiger partial charge in [-0.2, -0.15) is 13.2 Å². The van der Waals surface area contributed by atoms with E-state index in [1.807, 2.05) is 0 Å². The molecule has 0 spiro atoms. The molecule has 0 saturated heterocycles. The number of hydroxylamine groups is 1. The van der Waals surface area contributed by atoms with Gasteiger partial charge in [-0.3, -0.25) is 20.9 Å². The zero-order valence-corrected chi connectivity index (χ0v) is 16.4. The number of hydrogen-bond acceptors (Lipinski definition) is 7. The fourth-order valence-electron chi connectivity index (χ4n) is 1.95. The number of nitrogens with zero attached hydrogens (tertiary/aromatic N) is 1. The van der Waals surface area contributed by atoms with Crippen LogP contribution in [0.3, 0.4) is 0 Å². The molecule has 0 aliphatic heterocycles. The molecule has 9 nitrogen and oxygen atoms in total. The van der Waals surface area contributed by atoms with Crippen molar-refractivity contribution >= 4 is 37.5 Å². The molecule has 0 saturated carbocycles. The number of aromatic nitrogens is 1. The van der Waals surface area contributed by atoms with E-state index in [9.17, 15) is 26.4 Å². The van der Waals surface area contributed by atoms with Gasteiger partial charge < -0.3 is 10.1 Å². The summed E-state index contributed by atoms with van der Waals surface area (Å²) in [6, 6.07) is 0.919. The molecule has 152 valence electrons. The molecule has 0 bridgehead atoms. The van der Waals surface area contributed by atoms with Crippen molar-refractivity contribution in [2.75, 3.05) is 18.6 Å². The van der Waals surface area contributed by atoms with Crippen LogP contribution in [0.15, 0.2) is 16.7 Å². The number of ether oxygens (including phenoxy) is 1. The molecule has 0 radical (unpaired) electrons. The molecule has 27 heavy (non-hydrogen) atoms. The number of pyridine rings is 1. The van der Waals surface area contributed by atoms with Crippen molar-refractivity contribution in [2.24, 2.45) is 0 Å². The fraction of sp³-hybridized carbons (Fsp3) is 0.462. The van der Waals surface area contributed by atoms with Crippen molar-refractivity contribution in [1.82, 2.24) is 15.8 Å². The smallest absolute Gasteiger partial charge is 0.422 e. The fourth-order valence-corrected chi connectivity index (χ4v) is 3.54. The van der Waals surface area contributed by atoms with Crippen molar-refractivity contribution < 1.29 is 36.3 Å². The second-order valence-corrected chi connectivity index (χ2v) is 8.74. The summed E-state index contributed by atoms with van der Waals surface area (Å²) in [7, 11) is -3.69. The minimum absolute atomic E-state index is 0.0620. The Morgan fingerprint density at radius 3 is 2.52 bits per heavy atom. The van der Waals surface area contributed by atoms with Crippen LogP contribution in [0.25, 0.3) is 0 Å². The van der Waals surface area contributed by atoms with E-state index in [4.69, 9.17) is 10.6 Å². The Hall–Kier alpha value is -1.93. The number of nitrogens with one attached hydrogen (secondary N) is 3. The van der Waals surface area contributed by atoms with Gasteiger partial charge in [-0.1, -0.05) is 0 Å². The third-order valence-electron chi connectivity index (χ3n) is 3.05. The first kappa shape index (κ1) is 23.1. The largest absolute Gasteiger partial charge is 0.483 e. The van der Waals surface area contributed by atoms with Gasteiger partial charge in [0.05, 0.1) is 10.2 Å². The minimum Gasteiger partial charge on any atom is -0.483 e. The highest BCUT2D eigenvalue weighted by molar-refractivity contribution is 9.10. The predicted octanol–water partition coefficient (Wildman–Crippen LogP) is 1.27. The molecular weight excluding hydrogens is 461 g/mol. The second kappa shape index (κ2) is 8.39. The standard InChI is InChI=1S/C13H16BrF3N4O5S/c1-12(11(18)21-23,6-27(2,24)25)20-10(22)8-3-9(7(14)4-19-8)26-5-13(15,16)17/h3-4,23H,5-6H2,1-2H3,(H2,18,21)(H,20,22). The maximum atomic E-state index is 12.4. The van der Waals surface area contributed by atoms with Gasteiger partial charge in [0, 0.05) is 18.5 Å². The zero-order chi connectivity index (χ0) is 21.0. The average Bonchev–Trinajstić information content (AvgIpc) is 2.50. The summed E-state index contributed by atoms with van der Waals surface area (Å²) in [4.78, 5) is 16.1. The topological polar surface area (TPSA) is 141 Å². The number of alkyl halides is 3. The quantitative estimate of drug-likeness (QED) is 0.263. The van der Waals surface area contributed by atoms with E-state index in [-0.39, 0.29) is 15.9 Å². The Bertz CT molecular complexity index is 834. The van der Waals surface area contributed by atoms with Gasteiger partial charge in [-0.05, 0) is 22.9 Å². The van der Waals surface area contributed by atoms with Crippen molar-refractivity contribution in [1.29, 1.82) is 5.41 Å². The number of hydrogen-bond donors (Lipinski definition) is 4. The van der Waals surface area contributed by atoms with E-state index < -0.39 is 45.7 Å². The molecule has 1 aromatic heterocycles. The van der Waals surface area contributed by atoms with Gasteiger partial charge in [-0.25, -0.2) is 13.4 Å². The molecule has 1 rings (SSSR count). The van der Waals surface area contributed by atoms with Gasteiger partial charge in [-0.15, -0.1) is 0 Å². The number of sulfone groups is 1. The zero-order valence-electron chi connectivity index (χ0n) is 14.0. The van der Waals surface area contributed by atoms with Gasteiger partial charge in [0.2, 0.25) is 0 Å². The summed E-state index contributed by atoms with van der Waals surface area (Å²) in [5, 5.41) is 18.7.